The summed E-state index contributed by atoms with van der Waals surface area (Å²) in [6.45, 7) is 4.95. The van der Waals surface area contributed by atoms with Gasteiger partial charge in [0.25, 0.3) is 11.1 Å². The van der Waals surface area contributed by atoms with E-state index in [1.807, 2.05) is 26.0 Å². The highest BCUT2D eigenvalue weighted by Crippen LogP contribution is 2.27. The molecule has 3 aromatic heterocycles. The lowest BCUT2D eigenvalue weighted by Crippen LogP contribution is -2.31. The lowest BCUT2D eigenvalue weighted by Gasteiger charge is -2.19. The van der Waals surface area contributed by atoms with E-state index >= 15 is 0 Å². The number of aryl methyl sites for hydroxylation is 1. The second-order valence-electron chi connectivity index (χ2n) is 5.17. The normalized spacial score (nSPS) is 11.0. The second-order valence-corrected chi connectivity index (χ2v) is 7.89. The van der Waals surface area contributed by atoms with Gasteiger partial charge in [0.2, 0.25) is 5.91 Å². The fourth-order valence-electron chi connectivity index (χ4n) is 2.20. The number of thioether (sulfide) groups is 1. The van der Waals surface area contributed by atoms with Crippen molar-refractivity contribution < 1.29 is 13.6 Å². The van der Waals surface area contributed by atoms with Crippen LogP contribution < -0.4 is 0 Å². The van der Waals surface area contributed by atoms with Gasteiger partial charge in [0.05, 0.1) is 28.5 Å². The summed E-state index contributed by atoms with van der Waals surface area (Å²) in [5.41, 5.74) is 0.760. The third kappa shape index (κ3) is 4.45. The molecule has 25 heavy (non-hydrogen) atoms. The number of nitrogens with zero attached hydrogens (tertiary/aromatic N) is 3. The van der Waals surface area contributed by atoms with Gasteiger partial charge in [0.15, 0.2) is 0 Å². The molecule has 0 saturated heterocycles. The largest absolute Gasteiger partial charge is 0.469 e. The molecule has 0 fully saturated rings. The lowest BCUT2D eigenvalue weighted by molar-refractivity contribution is -0.128. The molecule has 0 saturated carbocycles. The molecule has 0 aliphatic carbocycles. The number of rotatable bonds is 7. The summed E-state index contributed by atoms with van der Waals surface area (Å²) in [5, 5.41) is 8.33. The van der Waals surface area contributed by atoms with Gasteiger partial charge in [-0.3, -0.25) is 4.79 Å². The van der Waals surface area contributed by atoms with Gasteiger partial charge in [-0.25, -0.2) is 0 Å². The maximum absolute atomic E-state index is 12.4. The van der Waals surface area contributed by atoms with Crippen LogP contribution in [0, 0.1) is 6.92 Å². The Kier molecular flexibility index (Phi) is 5.82. The van der Waals surface area contributed by atoms with Crippen LogP contribution in [0.2, 0.25) is 4.34 Å². The second kappa shape index (κ2) is 8.07. The van der Waals surface area contributed by atoms with Gasteiger partial charge in [0.1, 0.15) is 5.76 Å². The molecule has 0 N–H and O–H groups in total. The molecule has 0 bridgehead atoms. The van der Waals surface area contributed by atoms with Crippen molar-refractivity contribution in [3.63, 3.8) is 0 Å². The van der Waals surface area contributed by atoms with E-state index in [4.69, 9.17) is 20.4 Å². The molecule has 132 valence electrons. The van der Waals surface area contributed by atoms with Crippen molar-refractivity contribution in [1.29, 1.82) is 0 Å². The van der Waals surface area contributed by atoms with Crippen molar-refractivity contribution in [3.05, 3.63) is 39.4 Å². The zero-order valence-electron chi connectivity index (χ0n) is 13.7. The zero-order chi connectivity index (χ0) is 17.8. The fraction of sp³-hybridized carbons (Fsp3) is 0.312. The van der Waals surface area contributed by atoms with E-state index in [0.29, 0.717) is 30.0 Å². The SMILES string of the molecule is CCN(Cc1ccc(Cl)s1)C(=O)CSc1nnc(-c2ccoc2C)o1. The molecule has 0 aromatic carbocycles. The molecule has 0 atom stereocenters. The molecule has 0 unspecified atom stereocenters. The molecule has 3 heterocycles. The average molecular weight is 398 g/mol. The number of furan rings is 1. The standard InChI is InChI=1S/C16H16ClN3O3S2/c1-3-20(8-11-4-5-13(17)25-11)14(21)9-24-16-19-18-15(23-16)12-6-7-22-10(12)2/h4-7H,3,8-9H2,1-2H3. The number of carbonyl (C=O) groups is 1. The van der Waals surface area contributed by atoms with Crippen molar-refractivity contribution in [2.45, 2.75) is 25.6 Å². The van der Waals surface area contributed by atoms with Crippen LogP contribution in [-0.2, 0) is 11.3 Å². The maximum atomic E-state index is 12.4. The predicted octanol–water partition coefficient (Wildman–Crippen LogP) is 4.49. The summed E-state index contributed by atoms with van der Waals surface area (Å²) in [6.07, 6.45) is 1.57. The number of halogens is 1. The minimum absolute atomic E-state index is 0.0104. The number of aromatic nitrogens is 2. The third-order valence-electron chi connectivity index (χ3n) is 3.52. The summed E-state index contributed by atoms with van der Waals surface area (Å²) >= 11 is 8.65. The minimum atomic E-state index is 0.0104. The molecule has 9 heteroatoms. The number of thiophene rings is 1. The topological polar surface area (TPSA) is 72.4 Å². The summed E-state index contributed by atoms with van der Waals surface area (Å²) < 4.78 is 11.5. The first-order valence-corrected chi connectivity index (χ1v) is 9.77. The first-order valence-electron chi connectivity index (χ1n) is 7.59. The van der Waals surface area contributed by atoms with Gasteiger partial charge in [-0.2, -0.15) is 0 Å². The smallest absolute Gasteiger partial charge is 0.277 e. The van der Waals surface area contributed by atoms with E-state index < -0.39 is 0 Å². The average Bonchev–Trinajstić information content (AvgIpc) is 3.31. The first-order chi connectivity index (χ1) is 12.1. The molecule has 6 nitrogen and oxygen atoms in total. The van der Waals surface area contributed by atoms with E-state index in [9.17, 15) is 4.79 Å². The van der Waals surface area contributed by atoms with Gasteiger partial charge in [-0.1, -0.05) is 23.4 Å². The van der Waals surface area contributed by atoms with Gasteiger partial charge in [-0.15, -0.1) is 21.5 Å². The molecule has 0 aliphatic heterocycles. The first kappa shape index (κ1) is 18.0. The van der Waals surface area contributed by atoms with Crippen LogP contribution in [0.15, 0.2) is 38.5 Å². The molecule has 0 spiro atoms. The van der Waals surface area contributed by atoms with Gasteiger partial charge in [0, 0.05) is 11.4 Å². The highest BCUT2D eigenvalue weighted by molar-refractivity contribution is 7.99. The molecule has 1 amide bonds. The molecular weight excluding hydrogens is 382 g/mol. The Morgan fingerprint density at radius 3 is 2.84 bits per heavy atom. The molecule has 3 rings (SSSR count). The van der Waals surface area contributed by atoms with Crippen molar-refractivity contribution >= 4 is 40.6 Å². The van der Waals surface area contributed by atoms with Crippen molar-refractivity contribution in [1.82, 2.24) is 15.1 Å². The Morgan fingerprint density at radius 2 is 2.20 bits per heavy atom. The van der Waals surface area contributed by atoms with E-state index in [2.05, 4.69) is 10.2 Å². The predicted molar refractivity (Wildman–Crippen MR) is 97.9 cm³/mol. The van der Waals surface area contributed by atoms with Gasteiger partial charge in [-0.05, 0) is 32.0 Å². The van der Waals surface area contributed by atoms with Crippen LogP contribution in [-0.4, -0.2) is 33.3 Å². The maximum Gasteiger partial charge on any atom is 0.277 e. The Balaban J connectivity index is 1.58. The zero-order valence-corrected chi connectivity index (χ0v) is 16.1. The highest BCUT2D eigenvalue weighted by atomic mass is 35.5. The molecule has 0 aliphatic rings. The quantitative estimate of drug-likeness (QED) is 0.547. The van der Waals surface area contributed by atoms with Crippen molar-refractivity contribution in [2.75, 3.05) is 12.3 Å². The van der Waals surface area contributed by atoms with Crippen LogP contribution in [0.25, 0.3) is 11.5 Å². The summed E-state index contributed by atoms with van der Waals surface area (Å²) in [4.78, 5) is 15.2. The Bertz CT molecular complexity index is 858. The highest BCUT2D eigenvalue weighted by Gasteiger charge is 2.17. The minimum Gasteiger partial charge on any atom is -0.469 e. The number of amides is 1. The summed E-state index contributed by atoms with van der Waals surface area (Å²) in [7, 11) is 0. The summed E-state index contributed by atoms with van der Waals surface area (Å²) in [5.74, 6) is 1.35. The number of hydrogen-bond acceptors (Lipinski definition) is 7. The molecule has 3 aromatic rings. The Hall–Kier alpha value is -1.77. The van der Waals surface area contributed by atoms with Crippen LogP contribution in [0.3, 0.4) is 0 Å². The fourth-order valence-corrected chi connectivity index (χ4v) is 3.97. The Labute approximate surface area is 158 Å². The molecular formula is C16H16ClN3O3S2. The number of carbonyl (C=O) groups excluding carboxylic acids is 1. The van der Waals surface area contributed by atoms with Crippen molar-refractivity contribution in [3.8, 4) is 11.5 Å². The van der Waals surface area contributed by atoms with Gasteiger partial charge < -0.3 is 13.7 Å². The van der Waals surface area contributed by atoms with Crippen LogP contribution in [0.1, 0.15) is 17.6 Å². The Morgan fingerprint density at radius 1 is 1.36 bits per heavy atom. The van der Waals surface area contributed by atoms with Crippen LogP contribution in [0.4, 0.5) is 0 Å². The van der Waals surface area contributed by atoms with Crippen molar-refractivity contribution in [2.24, 2.45) is 0 Å². The van der Waals surface area contributed by atoms with Gasteiger partial charge >= 0.3 is 0 Å². The third-order valence-corrected chi connectivity index (χ3v) is 5.54. The van der Waals surface area contributed by atoms with E-state index in [1.165, 1.54) is 23.1 Å². The van der Waals surface area contributed by atoms with E-state index in [-0.39, 0.29) is 11.7 Å². The van der Waals surface area contributed by atoms with Crippen LogP contribution >= 0.6 is 34.7 Å². The summed E-state index contributed by atoms with van der Waals surface area (Å²) in [6, 6.07) is 5.55. The molecule has 0 radical (unpaired) electrons. The monoisotopic (exact) mass is 397 g/mol. The lowest BCUT2D eigenvalue weighted by atomic mass is 10.3. The van der Waals surface area contributed by atoms with E-state index in [1.54, 1.807) is 17.2 Å². The van der Waals surface area contributed by atoms with E-state index in [0.717, 1.165) is 14.8 Å². The van der Waals surface area contributed by atoms with Crippen LogP contribution in [0.5, 0.6) is 0 Å². The number of hydrogen-bond donors (Lipinski definition) is 0.